The molecule has 0 unspecified atom stereocenters. The molecule has 12 heteroatoms. The van der Waals surface area contributed by atoms with Gasteiger partial charge in [-0.05, 0) is 83.0 Å². The third kappa shape index (κ3) is 7.73. The van der Waals surface area contributed by atoms with Crippen LogP contribution < -0.4 is 14.8 Å². The highest BCUT2D eigenvalue weighted by Gasteiger charge is 2.36. The van der Waals surface area contributed by atoms with Gasteiger partial charge >= 0.3 is 5.97 Å². The number of ether oxygens (including phenoxy) is 3. The van der Waals surface area contributed by atoms with Crippen LogP contribution in [0.4, 0.5) is 10.5 Å². The van der Waals surface area contributed by atoms with Crippen LogP contribution in [0.5, 0.6) is 11.5 Å². The van der Waals surface area contributed by atoms with Gasteiger partial charge in [-0.2, -0.15) is 0 Å². The molecule has 1 aliphatic heterocycles. The molecule has 3 rings (SSSR count). The highest BCUT2D eigenvalue weighted by Crippen LogP contribution is 2.34. The lowest BCUT2D eigenvalue weighted by atomic mass is 10.2. The zero-order valence-corrected chi connectivity index (χ0v) is 23.4. The van der Waals surface area contributed by atoms with Gasteiger partial charge in [0.1, 0.15) is 6.54 Å². The van der Waals surface area contributed by atoms with E-state index in [-0.39, 0.29) is 17.6 Å². The average molecular weight is 612 g/mol. The first-order valence-electron chi connectivity index (χ1n) is 11.1. The Balaban J connectivity index is 1.64. The molecule has 196 valence electrons. The molecule has 0 spiro atoms. The summed E-state index contributed by atoms with van der Waals surface area (Å²) in [5.41, 5.74) is 1.08. The number of imide groups is 1. The molecular formula is C25H24BrClN2O7S. The number of rotatable bonds is 10. The second kappa shape index (κ2) is 13.0. The average Bonchev–Trinajstić information content (AvgIpc) is 3.12. The van der Waals surface area contributed by atoms with Crippen molar-refractivity contribution in [2.75, 3.05) is 25.6 Å². The van der Waals surface area contributed by atoms with Crippen molar-refractivity contribution >= 4 is 74.1 Å². The van der Waals surface area contributed by atoms with E-state index in [0.717, 1.165) is 16.7 Å². The number of halogens is 2. The van der Waals surface area contributed by atoms with E-state index in [9.17, 15) is 19.2 Å². The van der Waals surface area contributed by atoms with Crippen molar-refractivity contribution in [2.24, 2.45) is 0 Å². The fourth-order valence-corrected chi connectivity index (χ4v) is 4.33. The Bertz CT molecular complexity index is 1250. The van der Waals surface area contributed by atoms with Crippen LogP contribution >= 0.6 is 39.3 Å². The zero-order chi connectivity index (χ0) is 27.1. The molecule has 0 radical (unpaired) electrons. The van der Waals surface area contributed by atoms with E-state index in [2.05, 4.69) is 21.2 Å². The quantitative estimate of drug-likeness (QED) is 0.277. The molecular weight excluding hydrogens is 588 g/mol. The van der Waals surface area contributed by atoms with Gasteiger partial charge in [0.05, 0.1) is 23.1 Å². The van der Waals surface area contributed by atoms with Crippen molar-refractivity contribution in [3.63, 3.8) is 0 Å². The maximum Gasteiger partial charge on any atom is 0.326 e. The Labute approximate surface area is 231 Å². The molecule has 1 aliphatic rings. The largest absolute Gasteiger partial charge is 0.493 e. The van der Waals surface area contributed by atoms with E-state index in [1.807, 2.05) is 6.92 Å². The minimum atomic E-state index is -0.645. The standard InChI is InChI=1S/C25H24BrClN2O7S/c1-4-14(2)36-23(31)12-29-24(32)21(37-25(29)33)10-15-5-8-19(20(9-15)34-3)35-13-22(30)28-16-6-7-17(26)18(27)11-16/h5-11,14H,4,12-13H2,1-3H3,(H,28,30)/b21-10+/t14-/m1/s1. The fourth-order valence-electron chi connectivity index (χ4n) is 3.07. The Hall–Kier alpha value is -3.02. The van der Waals surface area contributed by atoms with Crippen molar-refractivity contribution in [3.05, 3.63) is 56.4 Å². The summed E-state index contributed by atoms with van der Waals surface area (Å²) in [6.45, 7) is 2.86. The van der Waals surface area contributed by atoms with Crippen molar-refractivity contribution in [2.45, 2.75) is 26.4 Å². The van der Waals surface area contributed by atoms with Crippen LogP contribution in [0, 0.1) is 0 Å². The molecule has 2 aromatic rings. The van der Waals surface area contributed by atoms with Gasteiger partial charge < -0.3 is 19.5 Å². The van der Waals surface area contributed by atoms with E-state index in [1.165, 1.54) is 13.2 Å². The van der Waals surface area contributed by atoms with Crippen molar-refractivity contribution < 1.29 is 33.4 Å². The van der Waals surface area contributed by atoms with Crippen LogP contribution in [0.3, 0.4) is 0 Å². The van der Waals surface area contributed by atoms with E-state index >= 15 is 0 Å². The van der Waals surface area contributed by atoms with Crippen LogP contribution in [0.15, 0.2) is 45.8 Å². The summed E-state index contributed by atoms with van der Waals surface area (Å²) in [6, 6.07) is 9.85. The number of nitrogens with one attached hydrogen (secondary N) is 1. The highest BCUT2D eigenvalue weighted by atomic mass is 79.9. The van der Waals surface area contributed by atoms with Crippen LogP contribution in [0.1, 0.15) is 25.8 Å². The third-order valence-electron chi connectivity index (χ3n) is 5.12. The van der Waals surface area contributed by atoms with Gasteiger partial charge in [0, 0.05) is 10.2 Å². The van der Waals surface area contributed by atoms with Crippen molar-refractivity contribution in [1.82, 2.24) is 4.90 Å². The van der Waals surface area contributed by atoms with E-state index in [1.54, 1.807) is 43.3 Å². The lowest BCUT2D eigenvalue weighted by Crippen LogP contribution is -2.35. The Morgan fingerprint density at radius 2 is 1.95 bits per heavy atom. The van der Waals surface area contributed by atoms with Crippen LogP contribution in [-0.2, 0) is 19.1 Å². The number of thioether (sulfide) groups is 1. The SMILES string of the molecule is CC[C@@H](C)OC(=O)CN1C(=O)S/C(=C/c2ccc(OCC(=O)Nc3ccc(Br)c(Cl)c3)c(OC)c2)C1=O. The Morgan fingerprint density at radius 3 is 2.62 bits per heavy atom. The number of carbonyl (C=O) groups excluding carboxylic acids is 4. The molecule has 37 heavy (non-hydrogen) atoms. The molecule has 3 amide bonds. The van der Waals surface area contributed by atoms with Gasteiger partial charge in [-0.25, -0.2) is 0 Å². The first-order valence-corrected chi connectivity index (χ1v) is 13.1. The number of nitrogens with zero attached hydrogens (tertiary/aromatic N) is 1. The van der Waals surface area contributed by atoms with Crippen LogP contribution in [0.2, 0.25) is 5.02 Å². The van der Waals surface area contributed by atoms with Gasteiger partial charge in [-0.15, -0.1) is 0 Å². The molecule has 9 nitrogen and oxygen atoms in total. The summed E-state index contributed by atoms with van der Waals surface area (Å²) in [6.07, 6.45) is 1.84. The number of methoxy groups -OCH3 is 1. The van der Waals surface area contributed by atoms with E-state index in [0.29, 0.717) is 38.7 Å². The van der Waals surface area contributed by atoms with Gasteiger partial charge in [0.15, 0.2) is 18.1 Å². The second-order valence-corrected chi connectivity index (χ2v) is 10.1. The lowest BCUT2D eigenvalue weighted by molar-refractivity contribution is -0.150. The van der Waals surface area contributed by atoms with Gasteiger partial charge in [-0.1, -0.05) is 24.6 Å². The zero-order valence-electron chi connectivity index (χ0n) is 20.2. The van der Waals surface area contributed by atoms with Crippen molar-refractivity contribution in [3.8, 4) is 11.5 Å². The normalized spacial score (nSPS) is 15.1. The maximum absolute atomic E-state index is 12.7. The second-order valence-electron chi connectivity index (χ2n) is 7.85. The summed E-state index contributed by atoms with van der Waals surface area (Å²) in [4.78, 5) is 50.3. The topological polar surface area (TPSA) is 111 Å². The fraction of sp³-hybridized carbons (Fsp3) is 0.280. The number of hydrogen-bond acceptors (Lipinski definition) is 8. The summed E-state index contributed by atoms with van der Waals surface area (Å²) < 4.78 is 16.8. The predicted octanol–water partition coefficient (Wildman–Crippen LogP) is 5.51. The summed E-state index contributed by atoms with van der Waals surface area (Å²) in [5.74, 6) is -0.993. The van der Waals surface area contributed by atoms with Gasteiger partial charge in [0.2, 0.25) is 0 Å². The molecule has 1 atom stereocenters. The van der Waals surface area contributed by atoms with E-state index < -0.39 is 29.6 Å². The molecule has 0 aliphatic carbocycles. The molecule has 0 saturated carbocycles. The van der Waals surface area contributed by atoms with Crippen LogP contribution in [-0.4, -0.2) is 54.3 Å². The van der Waals surface area contributed by atoms with Gasteiger partial charge in [0.25, 0.3) is 17.1 Å². The lowest BCUT2D eigenvalue weighted by Gasteiger charge is -2.14. The molecule has 2 aromatic carbocycles. The minimum Gasteiger partial charge on any atom is -0.493 e. The van der Waals surface area contributed by atoms with E-state index in [4.69, 9.17) is 25.8 Å². The maximum atomic E-state index is 12.7. The highest BCUT2D eigenvalue weighted by molar-refractivity contribution is 9.10. The number of esters is 1. The summed E-state index contributed by atoms with van der Waals surface area (Å²) in [7, 11) is 1.44. The molecule has 1 saturated heterocycles. The van der Waals surface area contributed by atoms with Crippen LogP contribution in [0.25, 0.3) is 6.08 Å². The summed E-state index contributed by atoms with van der Waals surface area (Å²) >= 11 is 10.1. The Kier molecular flexibility index (Phi) is 10.0. The monoisotopic (exact) mass is 610 g/mol. The first-order chi connectivity index (χ1) is 17.6. The van der Waals surface area contributed by atoms with Crippen molar-refractivity contribution in [1.29, 1.82) is 0 Å². The molecule has 1 N–H and O–H groups in total. The molecule has 1 heterocycles. The van der Waals surface area contributed by atoms with Gasteiger partial charge in [-0.3, -0.25) is 24.1 Å². The smallest absolute Gasteiger partial charge is 0.326 e. The molecule has 0 aromatic heterocycles. The predicted molar refractivity (Wildman–Crippen MR) is 145 cm³/mol. The minimum absolute atomic E-state index is 0.157. The summed E-state index contributed by atoms with van der Waals surface area (Å²) in [5, 5.41) is 2.59. The number of carbonyl (C=O) groups is 4. The number of benzene rings is 2. The third-order valence-corrected chi connectivity index (χ3v) is 7.26. The first kappa shape index (κ1) is 28.5. The number of anilines is 1. The Morgan fingerprint density at radius 1 is 1.19 bits per heavy atom. The molecule has 1 fully saturated rings. The number of hydrogen-bond donors (Lipinski definition) is 1. The molecule has 0 bridgehead atoms. The number of amides is 3.